The Bertz CT molecular complexity index is 288. The molecule has 0 radical (unpaired) electrons. The highest BCUT2D eigenvalue weighted by molar-refractivity contribution is 5.78. The smallest absolute Gasteiger partial charge is 0.160 e. The average molecular weight is 163 g/mol. The van der Waals surface area contributed by atoms with Crippen LogP contribution in [0, 0.1) is 6.92 Å². The van der Waals surface area contributed by atoms with Gasteiger partial charge in [-0.15, -0.1) is 0 Å². The summed E-state index contributed by atoms with van der Waals surface area (Å²) < 4.78 is 0. The molecule has 2 nitrogen and oxygen atoms in total. The zero-order valence-corrected chi connectivity index (χ0v) is 7.66. The van der Waals surface area contributed by atoms with Crippen molar-refractivity contribution >= 4 is 5.71 Å². The molecule has 0 atom stereocenters. The SMILES string of the molecule is CC(C)=NOc1ccccc1C. The number of aryl methyl sites for hydroxylation is 1. The van der Waals surface area contributed by atoms with Gasteiger partial charge in [-0.1, -0.05) is 23.4 Å². The fraction of sp³-hybridized carbons (Fsp3) is 0.300. The van der Waals surface area contributed by atoms with Gasteiger partial charge in [-0.25, -0.2) is 0 Å². The lowest BCUT2D eigenvalue weighted by atomic mass is 10.2. The molecule has 0 amide bonds. The van der Waals surface area contributed by atoms with Gasteiger partial charge in [-0.2, -0.15) is 0 Å². The van der Waals surface area contributed by atoms with E-state index in [0.29, 0.717) is 0 Å². The molecule has 0 heterocycles. The third-order valence-corrected chi connectivity index (χ3v) is 1.42. The number of nitrogens with zero attached hydrogens (tertiary/aromatic N) is 1. The van der Waals surface area contributed by atoms with Gasteiger partial charge in [-0.3, -0.25) is 0 Å². The molecule has 1 rings (SSSR count). The van der Waals surface area contributed by atoms with Crippen molar-refractivity contribution in [1.29, 1.82) is 0 Å². The van der Waals surface area contributed by atoms with Gasteiger partial charge >= 0.3 is 0 Å². The highest BCUT2D eigenvalue weighted by atomic mass is 16.6. The third kappa shape index (κ3) is 2.38. The van der Waals surface area contributed by atoms with Crippen molar-refractivity contribution in [1.82, 2.24) is 0 Å². The van der Waals surface area contributed by atoms with Gasteiger partial charge in [0.15, 0.2) is 5.75 Å². The van der Waals surface area contributed by atoms with Crippen molar-refractivity contribution in [3.63, 3.8) is 0 Å². The van der Waals surface area contributed by atoms with Crippen molar-refractivity contribution in [3.05, 3.63) is 29.8 Å². The van der Waals surface area contributed by atoms with Crippen molar-refractivity contribution in [2.45, 2.75) is 20.8 Å². The summed E-state index contributed by atoms with van der Waals surface area (Å²) in [6.07, 6.45) is 0. The molecule has 0 fully saturated rings. The van der Waals surface area contributed by atoms with Gasteiger partial charge < -0.3 is 4.84 Å². The first-order valence-electron chi connectivity index (χ1n) is 3.94. The summed E-state index contributed by atoms with van der Waals surface area (Å²) in [4.78, 5) is 5.19. The summed E-state index contributed by atoms with van der Waals surface area (Å²) in [6.45, 7) is 5.80. The molecule has 2 heteroatoms. The number of hydrogen-bond donors (Lipinski definition) is 0. The van der Waals surface area contributed by atoms with Crippen molar-refractivity contribution < 1.29 is 4.84 Å². The number of benzene rings is 1. The van der Waals surface area contributed by atoms with Crippen LogP contribution in [0.1, 0.15) is 19.4 Å². The minimum Gasteiger partial charge on any atom is -0.357 e. The molecule has 12 heavy (non-hydrogen) atoms. The van der Waals surface area contributed by atoms with Crippen LogP contribution < -0.4 is 4.84 Å². The first kappa shape index (κ1) is 8.78. The van der Waals surface area contributed by atoms with E-state index in [-0.39, 0.29) is 0 Å². The first-order chi connectivity index (χ1) is 5.70. The second-order valence-electron chi connectivity index (χ2n) is 2.90. The lowest BCUT2D eigenvalue weighted by Crippen LogP contribution is -1.90. The Labute approximate surface area is 72.9 Å². The molecule has 0 saturated carbocycles. The number of rotatable bonds is 2. The van der Waals surface area contributed by atoms with Crippen LogP contribution in [0.5, 0.6) is 5.75 Å². The maximum absolute atomic E-state index is 5.19. The van der Waals surface area contributed by atoms with Gasteiger partial charge in [0, 0.05) is 0 Å². The second-order valence-corrected chi connectivity index (χ2v) is 2.90. The van der Waals surface area contributed by atoms with E-state index >= 15 is 0 Å². The van der Waals surface area contributed by atoms with Crippen molar-refractivity contribution in [2.75, 3.05) is 0 Å². The van der Waals surface area contributed by atoms with Crippen LogP contribution in [0.25, 0.3) is 0 Å². The molecular formula is C10H13NO. The molecule has 0 aromatic heterocycles. The molecule has 0 bridgehead atoms. The standard InChI is InChI=1S/C10H13NO/c1-8(2)11-12-10-7-5-4-6-9(10)3/h4-7H,1-3H3. The predicted molar refractivity (Wildman–Crippen MR) is 50.6 cm³/mol. The van der Waals surface area contributed by atoms with E-state index in [1.807, 2.05) is 45.0 Å². The second kappa shape index (κ2) is 3.90. The Balaban J connectivity index is 2.76. The zero-order chi connectivity index (χ0) is 8.97. The van der Waals surface area contributed by atoms with Crippen LogP contribution in [-0.4, -0.2) is 5.71 Å². The van der Waals surface area contributed by atoms with Gasteiger partial charge in [0.1, 0.15) is 0 Å². The Morgan fingerprint density at radius 1 is 1.25 bits per heavy atom. The Morgan fingerprint density at radius 2 is 1.92 bits per heavy atom. The molecule has 1 aromatic carbocycles. The number of hydrogen-bond acceptors (Lipinski definition) is 2. The van der Waals surface area contributed by atoms with Crippen LogP contribution in [0.4, 0.5) is 0 Å². The number of oxime groups is 1. The van der Waals surface area contributed by atoms with E-state index in [1.165, 1.54) is 0 Å². The summed E-state index contributed by atoms with van der Waals surface area (Å²) in [5.41, 5.74) is 2.01. The third-order valence-electron chi connectivity index (χ3n) is 1.42. The van der Waals surface area contributed by atoms with Gasteiger partial charge in [0.05, 0.1) is 5.71 Å². The molecule has 0 unspecified atom stereocenters. The van der Waals surface area contributed by atoms with Crippen LogP contribution in [-0.2, 0) is 0 Å². The molecule has 0 saturated heterocycles. The molecule has 64 valence electrons. The van der Waals surface area contributed by atoms with Gasteiger partial charge in [0.2, 0.25) is 0 Å². The largest absolute Gasteiger partial charge is 0.357 e. The topological polar surface area (TPSA) is 21.6 Å². The van der Waals surface area contributed by atoms with Crippen LogP contribution in [0.3, 0.4) is 0 Å². The lowest BCUT2D eigenvalue weighted by molar-refractivity contribution is 0.338. The molecule has 1 aromatic rings. The summed E-state index contributed by atoms with van der Waals surface area (Å²) in [7, 11) is 0. The maximum atomic E-state index is 5.19. The minimum atomic E-state index is 0.818. The minimum absolute atomic E-state index is 0.818. The molecule has 0 spiro atoms. The normalized spacial score (nSPS) is 9.25. The Morgan fingerprint density at radius 3 is 2.50 bits per heavy atom. The van der Waals surface area contributed by atoms with E-state index < -0.39 is 0 Å². The predicted octanol–water partition coefficient (Wildman–Crippen LogP) is 2.77. The van der Waals surface area contributed by atoms with E-state index in [0.717, 1.165) is 17.0 Å². The first-order valence-corrected chi connectivity index (χ1v) is 3.94. The highest BCUT2D eigenvalue weighted by Gasteiger charge is 1.95. The number of para-hydroxylation sites is 1. The van der Waals surface area contributed by atoms with Crippen molar-refractivity contribution in [2.24, 2.45) is 5.16 Å². The van der Waals surface area contributed by atoms with Gasteiger partial charge in [0.25, 0.3) is 0 Å². The Kier molecular flexibility index (Phi) is 2.86. The van der Waals surface area contributed by atoms with E-state index in [9.17, 15) is 0 Å². The Hall–Kier alpha value is -1.31. The average Bonchev–Trinajstić information content (AvgIpc) is 2.03. The zero-order valence-electron chi connectivity index (χ0n) is 7.66. The summed E-state index contributed by atoms with van der Waals surface area (Å²) in [6, 6.07) is 7.81. The van der Waals surface area contributed by atoms with Crippen LogP contribution in [0.2, 0.25) is 0 Å². The summed E-state index contributed by atoms with van der Waals surface area (Å²) in [5, 5.41) is 3.87. The van der Waals surface area contributed by atoms with E-state index in [1.54, 1.807) is 0 Å². The van der Waals surface area contributed by atoms with Crippen molar-refractivity contribution in [3.8, 4) is 5.75 Å². The highest BCUT2D eigenvalue weighted by Crippen LogP contribution is 2.16. The van der Waals surface area contributed by atoms with E-state index in [2.05, 4.69) is 5.16 Å². The van der Waals surface area contributed by atoms with Gasteiger partial charge in [-0.05, 0) is 32.4 Å². The van der Waals surface area contributed by atoms with E-state index in [4.69, 9.17) is 4.84 Å². The van der Waals surface area contributed by atoms with Crippen LogP contribution in [0.15, 0.2) is 29.4 Å². The molecule has 0 aliphatic carbocycles. The monoisotopic (exact) mass is 163 g/mol. The lowest BCUT2D eigenvalue weighted by Gasteiger charge is -2.01. The summed E-state index contributed by atoms with van der Waals surface area (Å²) >= 11 is 0. The maximum Gasteiger partial charge on any atom is 0.160 e. The fourth-order valence-corrected chi connectivity index (χ4v) is 0.799. The summed E-state index contributed by atoms with van der Waals surface area (Å²) in [5.74, 6) is 0.818. The molecule has 0 N–H and O–H groups in total. The quantitative estimate of drug-likeness (QED) is 0.485. The van der Waals surface area contributed by atoms with Crippen LogP contribution >= 0.6 is 0 Å². The fourth-order valence-electron chi connectivity index (χ4n) is 0.799. The molecule has 0 aliphatic rings. The molecular weight excluding hydrogens is 150 g/mol. The molecule has 0 aliphatic heterocycles.